The Labute approximate surface area is 146 Å². The first-order chi connectivity index (χ1) is 11.8. The molecule has 0 spiro atoms. The first-order valence-corrected chi connectivity index (χ1v) is 9.37. The van der Waals surface area contributed by atoms with E-state index in [1.807, 2.05) is 19.1 Å². The summed E-state index contributed by atoms with van der Waals surface area (Å²) in [4.78, 5) is 17.8. The maximum absolute atomic E-state index is 12.8. The van der Waals surface area contributed by atoms with Crippen molar-refractivity contribution in [3.63, 3.8) is 0 Å². The predicted octanol–water partition coefficient (Wildman–Crippen LogP) is 0.338. The van der Waals surface area contributed by atoms with Gasteiger partial charge in [-0.1, -0.05) is 0 Å². The maximum atomic E-state index is 12.8. The van der Waals surface area contributed by atoms with Gasteiger partial charge >= 0.3 is 0 Å². The summed E-state index contributed by atoms with van der Waals surface area (Å²) in [6.07, 6.45) is 3.17. The van der Waals surface area contributed by atoms with Crippen LogP contribution in [-0.2, 0) is 17.1 Å². The number of primary amides is 1. The molecule has 0 aliphatic carbocycles. The molecule has 2 aromatic heterocycles. The minimum atomic E-state index is -3.65. The Bertz CT molecular complexity index is 898. The van der Waals surface area contributed by atoms with E-state index in [9.17, 15) is 13.2 Å². The molecule has 9 heteroatoms. The van der Waals surface area contributed by atoms with Gasteiger partial charge in [0.05, 0.1) is 0 Å². The maximum Gasteiger partial charge on any atom is 0.265 e. The van der Waals surface area contributed by atoms with Crippen LogP contribution in [0.2, 0.25) is 0 Å². The molecule has 0 unspecified atom stereocenters. The number of piperazine rings is 1. The van der Waals surface area contributed by atoms with Crippen molar-refractivity contribution in [1.82, 2.24) is 13.9 Å². The summed E-state index contributed by atoms with van der Waals surface area (Å²) in [5, 5.41) is 0. The van der Waals surface area contributed by atoms with Crippen molar-refractivity contribution in [2.75, 3.05) is 31.1 Å². The smallest absolute Gasteiger partial charge is 0.265 e. The molecular weight excluding hydrogens is 342 g/mol. The molecule has 1 saturated heterocycles. The molecule has 0 saturated carbocycles. The van der Waals surface area contributed by atoms with Crippen LogP contribution in [0.25, 0.3) is 0 Å². The summed E-state index contributed by atoms with van der Waals surface area (Å²) >= 11 is 0. The molecule has 25 heavy (non-hydrogen) atoms. The number of aryl methyl sites for hydroxylation is 2. The Hall–Kier alpha value is -2.39. The summed E-state index contributed by atoms with van der Waals surface area (Å²) < 4.78 is 28.5. The lowest BCUT2D eigenvalue weighted by Gasteiger charge is -2.34. The van der Waals surface area contributed by atoms with Gasteiger partial charge in [-0.15, -0.1) is 0 Å². The number of amides is 1. The van der Waals surface area contributed by atoms with Crippen LogP contribution in [0.3, 0.4) is 0 Å². The summed E-state index contributed by atoms with van der Waals surface area (Å²) in [5.74, 6) is 0.201. The van der Waals surface area contributed by atoms with E-state index in [0.717, 1.165) is 11.4 Å². The molecule has 2 aromatic rings. The molecule has 1 fully saturated rings. The normalized spacial score (nSPS) is 16.2. The Kier molecular flexibility index (Phi) is 4.53. The summed E-state index contributed by atoms with van der Waals surface area (Å²) in [7, 11) is -2.06. The summed E-state index contributed by atoms with van der Waals surface area (Å²) in [6.45, 7) is 3.84. The number of rotatable bonds is 4. The highest BCUT2D eigenvalue weighted by Crippen LogP contribution is 2.22. The molecule has 1 aliphatic heterocycles. The molecule has 1 aliphatic rings. The SMILES string of the molecule is Cc1ccnc(N2CCN(S(=O)(=O)c3cc(C(N)=O)n(C)c3)CC2)c1. The van der Waals surface area contributed by atoms with E-state index in [4.69, 9.17) is 5.73 Å². The fraction of sp³-hybridized carbons (Fsp3) is 0.375. The van der Waals surface area contributed by atoms with Gasteiger partial charge in [-0.3, -0.25) is 4.79 Å². The Morgan fingerprint density at radius 2 is 1.88 bits per heavy atom. The van der Waals surface area contributed by atoms with E-state index in [2.05, 4.69) is 9.88 Å². The first kappa shape index (κ1) is 17.4. The number of anilines is 1. The summed E-state index contributed by atoms with van der Waals surface area (Å²) in [6, 6.07) is 5.24. The van der Waals surface area contributed by atoms with E-state index < -0.39 is 15.9 Å². The molecule has 0 bridgehead atoms. The van der Waals surface area contributed by atoms with Crippen molar-refractivity contribution >= 4 is 21.7 Å². The zero-order valence-electron chi connectivity index (χ0n) is 14.2. The highest BCUT2D eigenvalue weighted by atomic mass is 32.2. The second kappa shape index (κ2) is 6.49. The number of carbonyl (C=O) groups excluding carboxylic acids is 1. The largest absolute Gasteiger partial charge is 0.364 e. The van der Waals surface area contributed by atoms with E-state index in [1.165, 1.54) is 21.1 Å². The third-order valence-corrected chi connectivity index (χ3v) is 6.20. The number of carbonyl (C=O) groups is 1. The fourth-order valence-electron chi connectivity index (χ4n) is 2.92. The van der Waals surface area contributed by atoms with Gasteiger partial charge in [-0.25, -0.2) is 13.4 Å². The van der Waals surface area contributed by atoms with Gasteiger partial charge in [-0.05, 0) is 30.7 Å². The molecule has 3 rings (SSSR count). The topological polar surface area (TPSA) is 102 Å². The van der Waals surface area contributed by atoms with Gasteiger partial charge in [0, 0.05) is 45.6 Å². The van der Waals surface area contributed by atoms with Crippen molar-refractivity contribution in [1.29, 1.82) is 0 Å². The monoisotopic (exact) mass is 363 g/mol. The lowest BCUT2D eigenvalue weighted by atomic mass is 10.2. The number of hydrogen-bond acceptors (Lipinski definition) is 5. The number of aromatic nitrogens is 2. The number of pyridine rings is 1. The van der Waals surface area contributed by atoms with E-state index >= 15 is 0 Å². The lowest BCUT2D eigenvalue weighted by molar-refractivity contribution is 0.0992. The second-order valence-corrected chi connectivity index (χ2v) is 8.06. The van der Waals surface area contributed by atoms with E-state index in [0.29, 0.717) is 26.2 Å². The number of nitrogens with two attached hydrogens (primary N) is 1. The van der Waals surface area contributed by atoms with Crippen LogP contribution in [0.4, 0.5) is 5.82 Å². The summed E-state index contributed by atoms with van der Waals surface area (Å²) in [5.41, 5.74) is 6.54. The Balaban J connectivity index is 1.75. The first-order valence-electron chi connectivity index (χ1n) is 7.93. The van der Waals surface area contributed by atoms with Crippen LogP contribution in [-0.4, -0.2) is 54.4 Å². The second-order valence-electron chi connectivity index (χ2n) is 6.12. The number of hydrogen-bond donors (Lipinski definition) is 1. The van der Waals surface area contributed by atoms with Crippen LogP contribution in [0.1, 0.15) is 16.1 Å². The van der Waals surface area contributed by atoms with Gasteiger partial charge in [0.1, 0.15) is 16.4 Å². The Morgan fingerprint density at radius 1 is 1.20 bits per heavy atom. The highest BCUT2D eigenvalue weighted by molar-refractivity contribution is 7.89. The van der Waals surface area contributed by atoms with Crippen molar-refractivity contribution in [2.45, 2.75) is 11.8 Å². The third-order valence-electron chi connectivity index (χ3n) is 4.33. The molecule has 134 valence electrons. The molecular formula is C16H21N5O3S. The van der Waals surface area contributed by atoms with Crippen LogP contribution in [0.5, 0.6) is 0 Å². The molecule has 3 heterocycles. The average molecular weight is 363 g/mol. The average Bonchev–Trinajstić information content (AvgIpc) is 2.98. The quantitative estimate of drug-likeness (QED) is 0.844. The van der Waals surface area contributed by atoms with Crippen molar-refractivity contribution < 1.29 is 13.2 Å². The highest BCUT2D eigenvalue weighted by Gasteiger charge is 2.30. The fourth-order valence-corrected chi connectivity index (χ4v) is 4.41. The molecule has 0 aromatic carbocycles. The number of sulfonamides is 1. The van der Waals surface area contributed by atoms with Gasteiger partial charge in [-0.2, -0.15) is 4.31 Å². The zero-order valence-corrected chi connectivity index (χ0v) is 15.0. The minimum absolute atomic E-state index is 0.0888. The lowest BCUT2D eigenvalue weighted by Crippen LogP contribution is -2.48. The van der Waals surface area contributed by atoms with Crippen LogP contribution >= 0.6 is 0 Å². The number of nitrogens with zero attached hydrogens (tertiary/aromatic N) is 4. The van der Waals surface area contributed by atoms with Crippen LogP contribution in [0.15, 0.2) is 35.5 Å². The third kappa shape index (κ3) is 3.38. The van der Waals surface area contributed by atoms with Crippen molar-refractivity contribution in [2.24, 2.45) is 12.8 Å². The molecule has 8 nitrogen and oxygen atoms in total. The van der Waals surface area contributed by atoms with Gasteiger partial charge in [0.15, 0.2) is 0 Å². The zero-order chi connectivity index (χ0) is 18.2. The van der Waals surface area contributed by atoms with Crippen LogP contribution in [0, 0.1) is 6.92 Å². The van der Waals surface area contributed by atoms with E-state index in [1.54, 1.807) is 13.2 Å². The molecule has 2 N–H and O–H groups in total. The van der Waals surface area contributed by atoms with Crippen molar-refractivity contribution in [3.8, 4) is 0 Å². The minimum Gasteiger partial charge on any atom is -0.364 e. The standard InChI is InChI=1S/C16H21N5O3S/c1-12-3-4-18-15(9-12)20-5-7-21(8-6-20)25(23,24)13-10-14(16(17)22)19(2)11-13/h3-4,9-11H,5-8H2,1-2H3,(H2,17,22). The van der Waals surface area contributed by atoms with Gasteiger partial charge < -0.3 is 15.2 Å². The van der Waals surface area contributed by atoms with E-state index in [-0.39, 0.29) is 10.6 Å². The predicted molar refractivity (Wildman–Crippen MR) is 93.9 cm³/mol. The van der Waals surface area contributed by atoms with Gasteiger partial charge in [0.25, 0.3) is 5.91 Å². The molecule has 0 atom stereocenters. The van der Waals surface area contributed by atoms with Crippen LogP contribution < -0.4 is 10.6 Å². The molecule has 1 amide bonds. The van der Waals surface area contributed by atoms with Crippen molar-refractivity contribution in [3.05, 3.63) is 41.9 Å². The molecule has 0 radical (unpaired) electrons. The Morgan fingerprint density at radius 3 is 2.44 bits per heavy atom. The van der Waals surface area contributed by atoms with Gasteiger partial charge in [0.2, 0.25) is 10.0 Å².